The molecule has 1 saturated heterocycles. The van der Waals surface area contributed by atoms with Crippen LogP contribution in [0, 0.1) is 12.7 Å². The average molecular weight is 422 g/mol. The summed E-state index contributed by atoms with van der Waals surface area (Å²) in [5, 5.41) is 8.07. The number of halogens is 1. The molecule has 1 aliphatic heterocycles. The maximum Gasteiger partial charge on any atom is 0.163 e. The topological polar surface area (TPSA) is 85.4 Å². The molecular formula is C21H23FN8O. The number of nitrogens with zero attached hydrogens (tertiary/aromatic N) is 7. The first-order valence-electron chi connectivity index (χ1n) is 10.1. The van der Waals surface area contributed by atoms with Crippen LogP contribution < -0.4 is 10.2 Å². The molecule has 1 N–H and O–H groups in total. The van der Waals surface area contributed by atoms with E-state index in [1.54, 1.807) is 12.4 Å². The van der Waals surface area contributed by atoms with E-state index in [1.165, 1.54) is 12.3 Å². The fourth-order valence-electron chi connectivity index (χ4n) is 3.74. The van der Waals surface area contributed by atoms with Gasteiger partial charge < -0.3 is 19.5 Å². The highest BCUT2D eigenvalue weighted by atomic mass is 19.1. The second kappa shape index (κ2) is 7.95. The Bertz CT molecular complexity index is 1210. The van der Waals surface area contributed by atoms with Crippen molar-refractivity contribution in [2.24, 2.45) is 7.05 Å². The summed E-state index contributed by atoms with van der Waals surface area (Å²) < 4.78 is 22.6. The van der Waals surface area contributed by atoms with Gasteiger partial charge in [0, 0.05) is 50.1 Å². The Morgan fingerprint density at radius 3 is 2.71 bits per heavy atom. The van der Waals surface area contributed by atoms with Crippen molar-refractivity contribution in [3.63, 3.8) is 0 Å². The Labute approximate surface area is 178 Å². The van der Waals surface area contributed by atoms with Crippen LogP contribution in [0.1, 0.15) is 17.0 Å². The van der Waals surface area contributed by atoms with Crippen molar-refractivity contribution in [3.8, 4) is 0 Å². The quantitative estimate of drug-likeness (QED) is 0.529. The Morgan fingerprint density at radius 1 is 1.16 bits per heavy atom. The van der Waals surface area contributed by atoms with Crippen LogP contribution in [0.2, 0.25) is 0 Å². The monoisotopic (exact) mass is 422 g/mol. The molecule has 0 atom stereocenters. The molecule has 0 aromatic carbocycles. The van der Waals surface area contributed by atoms with E-state index in [4.69, 9.17) is 14.8 Å². The summed E-state index contributed by atoms with van der Waals surface area (Å²) >= 11 is 0. The van der Waals surface area contributed by atoms with Gasteiger partial charge in [-0.2, -0.15) is 9.61 Å². The molecule has 0 radical (unpaired) electrons. The average Bonchev–Trinajstić information content (AvgIpc) is 3.32. The number of pyridine rings is 1. The lowest BCUT2D eigenvalue weighted by Crippen LogP contribution is -2.37. The molecule has 31 heavy (non-hydrogen) atoms. The van der Waals surface area contributed by atoms with E-state index < -0.39 is 0 Å². The lowest BCUT2D eigenvalue weighted by molar-refractivity contribution is 0.122. The molecule has 1 aliphatic rings. The Kier molecular flexibility index (Phi) is 4.99. The molecule has 5 heterocycles. The van der Waals surface area contributed by atoms with E-state index >= 15 is 0 Å². The largest absolute Gasteiger partial charge is 0.378 e. The molecule has 0 bridgehead atoms. The molecule has 0 unspecified atom stereocenters. The van der Waals surface area contributed by atoms with Crippen LogP contribution in [0.25, 0.3) is 5.65 Å². The van der Waals surface area contributed by atoms with E-state index in [-0.39, 0.29) is 5.82 Å². The Hall–Kier alpha value is -3.53. The molecule has 4 aromatic heterocycles. The van der Waals surface area contributed by atoms with Gasteiger partial charge in [0.25, 0.3) is 0 Å². The number of fused-ring (bicyclic) bond motifs is 1. The third-order valence-electron chi connectivity index (χ3n) is 5.31. The number of hydrogen-bond donors (Lipinski definition) is 1. The third kappa shape index (κ3) is 3.93. The number of anilines is 3. The molecule has 0 aliphatic carbocycles. The molecular weight excluding hydrogens is 399 g/mol. The lowest BCUT2D eigenvalue weighted by Gasteiger charge is -2.29. The number of aryl methyl sites for hydroxylation is 2. The predicted octanol–water partition coefficient (Wildman–Crippen LogP) is 2.48. The molecule has 9 nitrogen and oxygen atoms in total. The molecule has 4 aromatic rings. The van der Waals surface area contributed by atoms with Gasteiger partial charge in [0.15, 0.2) is 5.65 Å². The summed E-state index contributed by atoms with van der Waals surface area (Å²) in [7, 11) is 1.92. The van der Waals surface area contributed by atoms with Gasteiger partial charge in [-0.3, -0.25) is 4.98 Å². The number of hydrogen-bond acceptors (Lipinski definition) is 7. The zero-order chi connectivity index (χ0) is 21.4. The molecule has 0 amide bonds. The van der Waals surface area contributed by atoms with Crippen LogP contribution in [0.4, 0.5) is 21.8 Å². The molecule has 5 rings (SSSR count). The second-order valence-corrected chi connectivity index (χ2v) is 7.59. The number of imidazole rings is 1. The maximum atomic E-state index is 13.3. The van der Waals surface area contributed by atoms with Crippen LogP contribution in [-0.2, 0) is 18.2 Å². The van der Waals surface area contributed by atoms with Gasteiger partial charge in [-0.15, -0.1) is 0 Å². The summed E-state index contributed by atoms with van der Waals surface area (Å²) in [6.07, 6.45) is 5.37. The molecule has 1 fully saturated rings. The summed E-state index contributed by atoms with van der Waals surface area (Å²) in [4.78, 5) is 15.7. The van der Waals surface area contributed by atoms with Gasteiger partial charge in [-0.25, -0.2) is 14.4 Å². The van der Waals surface area contributed by atoms with Gasteiger partial charge in [-0.1, -0.05) is 0 Å². The summed E-state index contributed by atoms with van der Waals surface area (Å²) in [6, 6.07) is 5.10. The number of morpholine rings is 1. The Balaban J connectivity index is 1.60. The first kappa shape index (κ1) is 19.4. The first-order valence-corrected chi connectivity index (χ1v) is 10.1. The fourth-order valence-corrected chi connectivity index (χ4v) is 3.74. The highest BCUT2D eigenvalue weighted by Crippen LogP contribution is 2.27. The molecule has 10 heteroatoms. The van der Waals surface area contributed by atoms with Gasteiger partial charge in [0.2, 0.25) is 0 Å². The molecule has 160 valence electrons. The minimum Gasteiger partial charge on any atom is -0.378 e. The van der Waals surface area contributed by atoms with Crippen LogP contribution in [0.3, 0.4) is 0 Å². The van der Waals surface area contributed by atoms with Gasteiger partial charge in [0.05, 0.1) is 31.4 Å². The first-order chi connectivity index (χ1) is 15.1. The van der Waals surface area contributed by atoms with Crippen molar-refractivity contribution in [2.45, 2.75) is 13.3 Å². The smallest absolute Gasteiger partial charge is 0.163 e. The van der Waals surface area contributed by atoms with Gasteiger partial charge in [-0.05, 0) is 19.1 Å². The van der Waals surface area contributed by atoms with Crippen LogP contribution in [0.5, 0.6) is 0 Å². The van der Waals surface area contributed by atoms with Crippen LogP contribution >= 0.6 is 0 Å². The number of nitrogens with one attached hydrogen (secondary N) is 1. The minimum atomic E-state index is -0.352. The van der Waals surface area contributed by atoms with Gasteiger partial charge in [0.1, 0.15) is 23.3 Å². The van der Waals surface area contributed by atoms with Crippen molar-refractivity contribution in [1.82, 2.24) is 29.1 Å². The fraction of sp³-hybridized carbons (Fsp3) is 0.333. The maximum absolute atomic E-state index is 13.3. The van der Waals surface area contributed by atoms with Crippen molar-refractivity contribution in [2.75, 3.05) is 36.5 Å². The van der Waals surface area contributed by atoms with Crippen LogP contribution in [0.15, 0.2) is 36.9 Å². The molecule has 0 saturated carbocycles. The lowest BCUT2D eigenvalue weighted by atomic mass is 10.1. The standard InChI is InChI=1S/C21H23FN8O/c1-14-17(9-16-4-3-15(22)11-23-16)21-26-18(25-19-12-28(2)13-24-19)10-20(30(21)27-14)29-5-7-31-8-6-29/h3-4,10-13H,5-9H2,1-2H3,(H,25,26). The van der Waals surface area contributed by atoms with Gasteiger partial charge >= 0.3 is 0 Å². The van der Waals surface area contributed by atoms with E-state index in [2.05, 4.69) is 20.2 Å². The van der Waals surface area contributed by atoms with Crippen LogP contribution in [-0.4, -0.2) is 55.4 Å². The second-order valence-electron chi connectivity index (χ2n) is 7.59. The van der Waals surface area contributed by atoms with E-state index in [0.717, 1.165) is 41.5 Å². The summed E-state index contributed by atoms with van der Waals surface area (Å²) in [5.41, 5.74) is 3.32. The number of aromatic nitrogens is 6. The van der Waals surface area contributed by atoms with E-state index in [1.807, 2.05) is 35.3 Å². The zero-order valence-corrected chi connectivity index (χ0v) is 17.4. The molecule has 0 spiro atoms. The number of ether oxygens (including phenoxy) is 1. The van der Waals surface area contributed by atoms with E-state index in [0.29, 0.717) is 31.3 Å². The van der Waals surface area contributed by atoms with Crippen molar-refractivity contribution < 1.29 is 9.13 Å². The number of rotatable bonds is 5. The highest BCUT2D eigenvalue weighted by molar-refractivity contribution is 5.65. The third-order valence-corrected chi connectivity index (χ3v) is 5.31. The van der Waals surface area contributed by atoms with Crippen molar-refractivity contribution >= 4 is 23.1 Å². The van der Waals surface area contributed by atoms with Crippen molar-refractivity contribution in [3.05, 3.63) is 59.7 Å². The van der Waals surface area contributed by atoms with E-state index in [9.17, 15) is 4.39 Å². The summed E-state index contributed by atoms with van der Waals surface area (Å²) in [5.74, 6) is 1.98. The highest BCUT2D eigenvalue weighted by Gasteiger charge is 2.21. The predicted molar refractivity (Wildman–Crippen MR) is 114 cm³/mol. The zero-order valence-electron chi connectivity index (χ0n) is 17.4. The minimum absolute atomic E-state index is 0.352. The van der Waals surface area contributed by atoms with Crippen molar-refractivity contribution in [1.29, 1.82) is 0 Å². The summed E-state index contributed by atoms with van der Waals surface area (Å²) in [6.45, 7) is 4.84. The normalized spacial score (nSPS) is 14.4. The SMILES string of the molecule is Cc1nn2c(N3CCOCC3)cc(Nc3cn(C)cn3)nc2c1Cc1ccc(F)cn1. The Morgan fingerprint density at radius 2 is 2.00 bits per heavy atom.